The van der Waals surface area contributed by atoms with Gasteiger partial charge in [-0.2, -0.15) is 0 Å². The number of aliphatic hydroxyl groups excluding tert-OH is 4. The first kappa shape index (κ1) is 28.6. The summed E-state index contributed by atoms with van der Waals surface area (Å²) in [6.07, 6.45) is -8.77. The van der Waals surface area contributed by atoms with Crippen molar-refractivity contribution in [2.24, 2.45) is 11.7 Å². The number of rotatable bonds is 9. The summed E-state index contributed by atoms with van der Waals surface area (Å²) < 4.78 is 10.3. The molecule has 13 nitrogen and oxygen atoms in total. The highest BCUT2D eigenvalue weighted by Crippen LogP contribution is 2.44. The molecule has 1 amide bonds. The van der Waals surface area contributed by atoms with Gasteiger partial charge >= 0.3 is 12.1 Å². The SMILES string of the molecule is N[C@H]1[C@H]([C@H](O)[C@H](O)CO)OC(O)(C(=O)O)C(C(=O)CNC(=O)OCC2c3ccccc3-c3ccccc32)[C@@H]1O. The van der Waals surface area contributed by atoms with Gasteiger partial charge in [0.15, 0.2) is 5.78 Å². The molecule has 1 heterocycles. The van der Waals surface area contributed by atoms with E-state index in [4.69, 9.17) is 20.3 Å². The molecule has 0 aromatic heterocycles. The molecule has 0 saturated carbocycles. The lowest BCUT2D eigenvalue weighted by atomic mass is 9.78. The maximum atomic E-state index is 12.9. The van der Waals surface area contributed by atoms with Gasteiger partial charge in [0.2, 0.25) is 0 Å². The summed E-state index contributed by atoms with van der Waals surface area (Å²) in [5, 5.41) is 61.9. The number of aliphatic carboxylic acids is 1. The van der Waals surface area contributed by atoms with Crippen LogP contribution in [0.3, 0.4) is 0 Å². The number of carboxylic acid groups (broad SMARTS) is 1. The summed E-state index contributed by atoms with van der Waals surface area (Å²) in [4.78, 5) is 37.2. The van der Waals surface area contributed by atoms with Crippen molar-refractivity contribution in [3.8, 4) is 11.1 Å². The van der Waals surface area contributed by atoms with Crippen molar-refractivity contribution in [3.63, 3.8) is 0 Å². The molecule has 2 unspecified atom stereocenters. The second-order valence-corrected chi connectivity index (χ2v) is 9.52. The number of carbonyl (C=O) groups excluding carboxylic acids is 2. The number of ether oxygens (including phenoxy) is 2. The fraction of sp³-hybridized carbons (Fsp3) is 0.423. The Morgan fingerprint density at radius 2 is 1.62 bits per heavy atom. The minimum absolute atomic E-state index is 0.0557. The van der Waals surface area contributed by atoms with E-state index in [2.05, 4.69) is 5.32 Å². The lowest BCUT2D eigenvalue weighted by Gasteiger charge is -2.47. The number of aliphatic hydroxyl groups is 5. The van der Waals surface area contributed by atoms with Gasteiger partial charge < -0.3 is 51.2 Å². The van der Waals surface area contributed by atoms with Gasteiger partial charge in [0.1, 0.15) is 30.8 Å². The highest BCUT2D eigenvalue weighted by atomic mass is 16.7. The Balaban J connectivity index is 1.41. The molecule has 2 aromatic carbocycles. The van der Waals surface area contributed by atoms with Crippen LogP contribution in [-0.4, -0.2) is 104 Å². The van der Waals surface area contributed by atoms with Gasteiger partial charge in [-0.25, -0.2) is 9.59 Å². The van der Waals surface area contributed by atoms with Crippen LogP contribution in [0.5, 0.6) is 0 Å². The number of amides is 1. The van der Waals surface area contributed by atoms with Crippen molar-refractivity contribution >= 4 is 17.8 Å². The number of Topliss-reactive ketones (excluding diaryl/α,β-unsaturated/α-hetero) is 1. The van der Waals surface area contributed by atoms with E-state index in [1.54, 1.807) is 0 Å². The number of carbonyl (C=O) groups is 3. The maximum absolute atomic E-state index is 12.9. The predicted octanol–water partition coefficient (Wildman–Crippen LogP) is -1.72. The van der Waals surface area contributed by atoms with Gasteiger partial charge in [0, 0.05) is 5.92 Å². The van der Waals surface area contributed by atoms with E-state index in [0.29, 0.717) is 0 Å². The summed E-state index contributed by atoms with van der Waals surface area (Å²) in [7, 11) is 0. The zero-order chi connectivity index (χ0) is 28.5. The van der Waals surface area contributed by atoms with Crippen LogP contribution in [0.15, 0.2) is 48.5 Å². The molecule has 39 heavy (non-hydrogen) atoms. The van der Waals surface area contributed by atoms with E-state index in [1.165, 1.54) is 0 Å². The number of nitrogens with two attached hydrogens (primary N) is 1. The number of nitrogens with one attached hydrogen (secondary N) is 1. The Hall–Kier alpha value is -3.43. The summed E-state index contributed by atoms with van der Waals surface area (Å²) >= 11 is 0. The fourth-order valence-electron chi connectivity index (χ4n) is 5.14. The summed E-state index contributed by atoms with van der Waals surface area (Å²) in [5.41, 5.74) is 9.79. The van der Waals surface area contributed by atoms with Gasteiger partial charge in [-0.05, 0) is 22.3 Å². The van der Waals surface area contributed by atoms with Gasteiger partial charge in [-0.1, -0.05) is 48.5 Å². The van der Waals surface area contributed by atoms with Crippen LogP contribution in [0.2, 0.25) is 0 Å². The quantitative estimate of drug-likeness (QED) is 0.176. The van der Waals surface area contributed by atoms with Gasteiger partial charge in [-0.15, -0.1) is 0 Å². The average Bonchev–Trinajstić information content (AvgIpc) is 3.25. The number of benzene rings is 2. The molecule has 13 heteroatoms. The molecule has 0 radical (unpaired) electrons. The summed E-state index contributed by atoms with van der Waals surface area (Å²) in [5.74, 6) is -9.01. The minimum atomic E-state index is -3.37. The molecule has 7 atom stereocenters. The van der Waals surface area contributed by atoms with Crippen molar-refractivity contribution in [1.29, 1.82) is 0 Å². The first-order chi connectivity index (χ1) is 18.5. The molecule has 2 aromatic rings. The minimum Gasteiger partial charge on any atom is -0.477 e. The highest BCUT2D eigenvalue weighted by molar-refractivity contribution is 5.92. The highest BCUT2D eigenvalue weighted by Gasteiger charge is 2.61. The summed E-state index contributed by atoms with van der Waals surface area (Å²) in [6, 6.07) is 13.7. The maximum Gasteiger partial charge on any atom is 0.407 e. The molecular formula is C26H30N2O11. The first-order valence-corrected chi connectivity index (χ1v) is 12.2. The smallest absolute Gasteiger partial charge is 0.407 e. The third-order valence-electron chi connectivity index (χ3n) is 7.17. The normalized spacial score (nSPS) is 27.6. The molecule has 9 N–H and O–H groups in total. The van der Waals surface area contributed by atoms with E-state index in [1.807, 2.05) is 48.5 Å². The Morgan fingerprint density at radius 1 is 1.05 bits per heavy atom. The standard InChI is InChI=1S/C26H30N2O11/c27-20-22(33)19(26(37,24(34)35)39-23(20)21(32)18(31)10-29)17(30)9-28-25(36)38-11-16-14-7-3-1-5-12(14)13-6-2-4-8-15(13)16/h1-8,16,18-23,29,31-33,37H,9-11,27H2,(H,28,36)(H,34,35)/t18-,19?,20-,21-,22+,23-,26?/m1/s1. The van der Waals surface area contributed by atoms with E-state index < -0.39 is 73.2 Å². The van der Waals surface area contributed by atoms with Crippen LogP contribution in [-0.2, 0) is 19.1 Å². The van der Waals surface area contributed by atoms with Crippen LogP contribution in [0.25, 0.3) is 11.1 Å². The predicted molar refractivity (Wildman–Crippen MR) is 132 cm³/mol. The van der Waals surface area contributed by atoms with Gasteiger partial charge in [0.25, 0.3) is 5.79 Å². The Labute approximate surface area is 222 Å². The monoisotopic (exact) mass is 546 g/mol. The van der Waals surface area contributed by atoms with Crippen molar-refractivity contribution in [2.75, 3.05) is 19.8 Å². The first-order valence-electron chi connectivity index (χ1n) is 12.2. The van der Waals surface area contributed by atoms with E-state index >= 15 is 0 Å². The number of hydrogen-bond donors (Lipinski definition) is 8. The molecule has 4 rings (SSSR count). The van der Waals surface area contributed by atoms with Crippen molar-refractivity contribution in [1.82, 2.24) is 5.32 Å². The van der Waals surface area contributed by atoms with E-state index in [0.717, 1.165) is 22.3 Å². The van der Waals surface area contributed by atoms with Crippen LogP contribution >= 0.6 is 0 Å². The lowest BCUT2D eigenvalue weighted by molar-refractivity contribution is -0.311. The second-order valence-electron chi connectivity index (χ2n) is 9.52. The van der Waals surface area contributed by atoms with Crippen LogP contribution < -0.4 is 11.1 Å². The molecule has 210 valence electrons. The lowest BCUT2D eigenvalue weighted by Crippen LogP contribution is -2.72. The second kappa shape index (κ2) is 11.4. The molecule has 2 aliphatic rings. The topological polar surface area (TPSA) is 229 Å². The van der Waals surface area contributed by atoms with E-state index in [9.17, 15) is 39.9 Å². The van der Waals surface area contributed by atoms with E-state index in [-0.39, 0.29) is 12.5 Å². The van der Waals surface area contributed by atoms with Crippen LogP contribution in [0.4, 0.5) is 4.79 Å². The zero-order valence-electron chi connectivity index (χ0n) is 20.6. The van der Waals surface area contributed by atoms with Crippen molar-refractivity contribution in [2.45, 2.75) is 42.2 Å². The Bertz CT molecular complexity index is 1190. The van der Waals surface area contributed by atoms with Gasteiger partial charge in [-0.3, -0.25) is 4.79 Å². The number of alkyl carbamates (subject to hydrolysis) is 1. The van der Waals surface area contributed by atoms with Crippen LogP contribution in [0.1, 0.15) is 17.0 Å². The van der Waals surface area contributed by atoms with Gasteiger partial charge in [0.05, 0.1) is 25.3 Å². The molecular weight excluding hydrogens is 516 g/mol. The Kier molecular flexibility index (Phi) is 8.32. The molecule has 1 saturated heterocycles. The number of ketones is 1. The fourth-order valence-corrected chi connectivity index (χ4v) is 5.14. The Morgan fingerprint density at radius 3 is 2.15 bits per heavy atom. The van der Waals surface area contributed by atoms with Crippen molar-refractivity contribution in [3.05, 3.63) is 59.7 Å². The molecule has 0 spiro atoms. The summed E-state index contributed by atoms with van der Waals surface area (Å²) in [6.45, 7) is -1.86. The number of fused-ring (bicyclic) bond motifs is 3. The third kappa shape index (κ3) is 5.25. The average molecular weight is 547 g/mol. The third-order valence-corrected chi connectivity index (χ3v) is 7.17. The number of hydrogen-bond acceptors (Lipinski definition) is 11. The van der Waals surface area contributed by atoms with Crippen LogP contribution in [0, 0.1) is 5.92 Å². The molecule has 0 bridgehead atoms. The molecule has 1 fully saturated rings. The molecule has 1 aliphatic carbocycles. The number of carboxylic acids is 1. The van der Waals surface area contributed by atoms with Crippen molar-refractivity contribution < 1.29 is 54.5 Å². The zero-order valence-corrected chi connectivity index (χ0v) is 20.6. The largest absolute Gasteiger partial charge is 0.477 e. The molecule has 1 aliphatic heterocycles.